The quantitative estimate of drug-likeness (QED) is 0.746. The molecular weight excluding hydrogens is 354 g/mol. The number of nitrogens with zero attached hydrogens (tertiary/aromatic N) is 4. The third-order valence-corrected chi connectivity index (χ3v) is 6.20. The number of fused-ring (bicyclic) bond motifs is 1. The molecule has 0 saturated heterocycles. The van der Waals surface area contributed by atoms with Gasteiger partial charge in [-0.15, -0.1) is 0 Å². The smallest absolute Gasteiger partial charge is 0.243 e. The van der Waals surface area contributed by atoms with Crippen molar-refractivity contribution in [3.8, 4) is 11.3 Å². The van der Waals surface area contributed by atoms with Crippen molar-refractivity contribution in [2.24, 2.45) is 0 Å². The molecule has 0 bridgehead atoms. The van der Waals surface area contributed by atoms with Crippen LogP contribution in [0.25, 0.3) is 11.3 Å². The van der Waals surface area contributed by atoms with Crippen molar-refractivity contribution in [3.05, 3.63) is 53.9 Å². The number of oxazole rings is 1. The Morgan fingerprint density at radius 1 is 1.19 bits per heavy atom. The molecule has 0 spiro atoms. The first-order chi connectivity index (χ1) is 12.4. The van der Waals surface area contributed by atoms with Gasteiger partial charge in [-0.1, -0.05) is 12.1 Å². The summed E-state index contributed by atoms with van der Waals surface area (Å²) in [5.41, 5.74) is 8.67. The van der Waals surface area contributed by atoms with E-state index in [1.807, 2.05) is 0 Å². The van der Waals surface area contributed by atoms with E-state index in [0.717, 1.165) is 11.1 Å². The number of nitrogens with two attached hydrogens (primary N) is 1. The van der Waals surface area contributed by atoms with Crippen LogP contribution in [0.4, 0.5) is 5.95 Å². The number of sulfonamides is 1. The van der Waals surface area contributed by atoms with E-state index in [1.165, 1.54) is 4.31 Å². The number of hydrogen-bond donors (Lipinski definition) is 1. The maximum Gasteiger partial charge on any atom is 0.243 e. The van der Waals surface area contributed by atoms with Gasteiger partial charge in [-0.2, -0.15) is 4.31 Å². The number of aromatic nitrogens is 3. The minimum atomic E-state index is -3.62. The Labute approximate surface area is 150 Å². The summed E-state index contributed by atoms with van der Waals surface area (Å²) in [6.45, 7) is 2.33. The van der Waals surface area contributed by atoms with Crippen LogP contribution >= 0.6 is 0 Å². The lowest BCUT2D eigenvalue weighted by molar-refractivity contribution is 0.385. The fraction of sp³-hybridized carbons (Fsp3) is 0.235. The molecular formula is C17H17N5O3S. The number of anilines is 1. The summed E-state index contributed by atoms with van der Waals surface area (Å²) in [5, 5.41) is 0. The maximum atomic E-state index is 13.0. The molecule has 9 heteroatoms. The Morgan fingerprint density at radius 3 is 2.65 bits per heavy atom. The van der Waals surface area contributed by atoms with Crippen molar-refractivity contribution in [2.45, 2.75) is 24.8 Å². The molecule has 0 radical (unpaired) electrons. The molecule has 0 amide bonds. The summed E-state index contributed by atoms with van der Waals surface area (Å²) in [5.74, 6) is 0.709. The average molecular weight is 371 g/mol. The van der Waals surface area contributed by atoms with Crippen LogP contribution in [0.15, 0.2) is 46.0 Å². The second kappa shape index (κ2) is 6.19. The normalized spacial score (nSPS) is 15.0. The molecule has 2 aromatic heterocycles. The highest BCUT2D eigenvalue weighted by Crippen LogP contribution is 2.26. The van der Waals surface area contributed by atoms with Crippen LogP contribution < -0.4 is 5.73 Å². The molecule has 4 rings (SSSR count). The standard InChI is InChI=1S/C17H17N5O3S/c1-11-20-16(10-25-11)12-2-4-14(5-3-12)26(23,24)22-7-6-13-8-19-17(18)21-15(13)9-22/h2-5,8,10H,6-7,9H2,1H3,(H2,18,19,21). The van der Waals surface area contributed by atoms with E-state index in [-0.39, 0.29) is 17.4 Å². The van der Waals surface area contributed by atoms with Crippen LogP contribution in [0.1, 0.15) is 17.1 Å². The zero-order valence-electron chi connectivity index (χ0n) is 14.1. The number of nitrogen functional groups attached to an aromatic ring is 1. The fourth-order valence-corrected chi connectivity index (χ4v) is 4.34. The lowest BCUT2D eigenvalue weighted by Gasteiger charge is -2.27. The van der Waals surface area contributed by atoms with E-state index in [2.05, 4.69) is 15.0 Å². The fourth-order valence-electron chi connectivity index (χ4n) is 2.94. The molecule has 134 valence electrons. The van der Waals surface area contributed by atoms with Crippen LogP contribution in [0.5, 0.6) is 0 Å². The van der Waals surface area contributed by atoms with Crippen LogP contribution in [-0.4, -0.2) is 34.2 Å². The van der Waals surface area contributed by atoms with Gasteiger partial charge in [-0.25, -0.2) is 23.4 Å². The summed E-state index contributed by atoms with van der Waals surface area (Å²) in [6.07, 6.45) is 3.77. The second-order valence-corrected chi connectivity index (χ2v) is 8.00. The first-order valence-electron chi connectivity index (χ1n) is 8.06. The second-order valence-electron chi connectivity index (χ2n) is 6.06. The van der Waals surface area contributed by atoms with Crippen molar-refractivity contribution in [2.75, 3.05) is 12.3 Å². The Hall–Kier alpha value is -2.78. The summed E-state index contributed by atoms with van der Waals surface area (Å²) in [7, 11) is -3.62. The molecule has 26 heavy (non-hydrogen) atoms. The lowest BCUT2D eigenvalue weighted by atomic mass is 10.1. The number of hydrogen-bond acceptors (Lipinski definition) is 7. The summed E-state index contributed by atoms with van der Waals surface area (Å²) < 4.78 is 32.5. The van der Waals surface area contributed by atoms with E-state index in [0.29, 0.717) is 30.2 Å². The van der Waals surface area contributed by atoms with Gasteiger partial charge in [0.15, 0.2) is 5.89 Å². The van der Waals surface area contributed by atoms with Crippen LogP contribution in [-0.2, 0) is 23.0 Å². The number of rotatable bonds is 3. The van der Waals surface area contributed by atoms with Gasteiger partial charge in [-0.3, -0.25) is 0 Å². The average Bonchev–Trinajstić information content (AvgIpc) is 3.07. The minimum absolute atomic E-state index is 0.148. The Bertz CT molecular complexity index is 1060. The van der Waals surface area contributed by atoms with Gasteiger partial charge >= 0.3 is 0 Å². The molecule has 0 atom stereocenters. The molecule has 3 aromatic rings. The zero-order valence-corrected chi connectivity index (χ0v) is 14.9. The monoisotopic (exact) mass is 371 g/mol. The zero-order chi connectivity index (χ0) is 18.3. The van der Waals surface area contributed by atoms with Gasteiger partial charge < -0.3 is 10.2 Å². The van der Waals surface area contributed by atoms with E-state index < -0.39 is 10.0 Å². The van der Waals surface area contributed by atoms with Gasteiger partial charge in [0, 0.05) is 25.2 Å². The Morgan fingerprint density at radius 2 is 1.96 bits per heavy atom. The predicted octanol–water partition coefficient (Wildman–Crippen LogP) is 1.77. The largest absolute Gasteiger partial charge is 0.449 e. The number of aryl methyl sites for hydroxylation is 1. The molecule has 0 fully saturated rings. The highest BCUT2D eigenvalue weighted by Gasteiger charge is 2.29. The van der Waals surface area contributed by atoms with Crippen molar-refractivity contribution >= 4 is 16.0 Å². The topological polar surface area (TPSA) is 115 Å². The lowest BCUT2D eigenvalue weighted by Crippen LogP contribution is -2.36. The molecule has 1 aliphatic rings. The summed E-state index contributed by atoms with van der Waals surface area (Å²) in [6, 6.07) is 6.61. The van der Waals surface area contributed by atoms with Crippen molar-refractivity contribution in [1.82, 2.24) is 19.3 Å². The van der Waals surface area contributed by atoms with E-state index in [4.69, 9.17) is 10.2 Å². The SMILES string of the molecule is Cc1nc(-c2ccc(S(=O)(=O)N3CCc4cnc(N)nc4C3)cc2)co1. The summed E-state index contributed by atoms with van der Waals surface area (Å²) in [4.78, 5) is 12.6. The predicted molar refractivity (Wildman–Crippen MR) is 94.4 cm³/mol. The van der Waals surface area contributed by atoms with Crippen molar-refractivity contribution in [1.29, 1.82) is 0 Å². The van der Waals surface area contributed by atoms with Crippen LogP contribution in [0.3, 0.4) is 0 Å². The Kier molecular flexibility index (Phi) is 3.97. The van der Waals surface area contributed by atoms with Gasteiger partial charge in [0.1, 0.15) is 12.0 Å². The van der Waals surface area contributed by atoms with Crippen molar-refractivity contribution < 1.29 is 12.8 Å². The van der Waals surface area contributed by atoms with E-state index >= 15 is 0 Å². The molecule has 0 saturated carbocycles. The van der Waals surface area contributed by atoms with Crippen LogP contribution in [0, 0.1) is 6.92 Å². The molecule has 8 nitrogen and oxygen atoms in total. The maximum absolute atomic E-state index is 13.0. The van der Waals surface area contributed by atoms with Gasteiger partial charge in [0.2, 0.25) is 16.0 Å². The molecule has 0 aliphatic carbocycles. The van der Waals surface area contributed by atoms with Gasteiger partial charge in [-0.05, 0) is 24.1 Å². The highest BCUT2D eigenvalue weighted by atomic mass is 32.2. The molecule has 2 N–H and O–H groups in total. The first kappa shape index (κ1) is 16.7. The van der Waals surface area contributed by atoms with Gasteiger partial charge in [0.25, 0.3) is 0 Å². The highest BCUT2D eigenvalue weighted by molar-refractivity contribution is 7.89. The molecule has 3 heterocycles. The van der Waals surface area contributed by atoms with Crippen molar-refractivity contribution in [3.63, 3.8) is 0 Å². The van der Waals surface area contributed by atoms with Crippen LogP contribution in [0.2, 0.25) is 0 Å². The van der Waals surface area contributed by atoms with E-state index in [1.54, 1.807) is 43.6 Å². The summed E-state index contributed by atoms with van der Waals surface area (Å²) >= 11 is 0. The molecule has 1 aromatic carbocycles. The van der Waals surface area contributed by atoms with Gasteiger partial charge in [0.05, 0.1) is 17.1 Å². The Balaban J connectivity index is 1.61. The third kappa shape index (κ3) is 2.95. The number of benzene rings is 1. The van der Waals surface area contributed by atoms with E-state index in [9.17, 15) is 8.42 Å². The molecule has 1 aliphatic heterocycles. The minimum Gasteiger partial charge on any atom is -0.449 e. The molecule has 0 unspecified atom stereocenters. The first-order valence-corrected chi connectivity index (χ1v) is 9.50. The third-order valence-electron chi connectivity index (χ3n) is 4.34.